The molecule has 1 atom stereocenters. The predicted molar refractivity (Wildman–Crippen MR) is 67.6 cm³/mol. The van der Waals surface area contributed by atoms with Gasteiger partial charge in [-0.2, -0.15) is 0 Å². The summed E-state index contributed by atoms with van der Waals surface area (Å²) in [7, 11) is 1.51. The van der Waals surface area contributed by atoms with Crippen molar-refractivity contribution < 1.29 is 9.84 Å². The van der Waals surface area contributed by atoms with Gasteiger partial charge in [0.1, 0.15) is 0 Å². The van der Waals surface area contributed by atoms with Crippen LogP contribution in [0.3, 0.4) is 0 Å². The summed E-state index contributed by atoms with van der Waals surface area (Å²) in [5, 5.41) is 14.2. The topological polar surface area (TPSA) is 64.3 Å². The maximum absolute atomic E-state index is 11.6. The third-order valence-electron chi connectivity index (χ3n) is 3.61. The standard InChI is InChI=1S/C13H20N2O3/c1-18-12-7-8-13(17)15(14-12)9-11(16)10-5-3-2-4-6-10/h7-8,10-11,16H,2-6,9H2,1H3. The minimum Gasteiger partial charge on any atom is -0.480 e. The van der Waals surface area contributed by atoms with Crippen LogP contribution in [0.5, 0.6) is 5.88 Å². The number of aliphatic hydroxyl groups excluding tert-OH is 1. The average molecular weight is 252 g/mol. The third-order valence-corrected chi connectivity index (χ3v) is 3.61. The molecule has 1 heterocycles. The van der Waals surface area contributed by atoms with Gasteiger partial charge in [0, 0.05) is 12.1 Å². The van der Waals surface area contributed by atoms with E-state index < -0.39 is 6.10 Å². The number of nitrogens with zero attached hydrogens (tertiary/aromatic N) is 2. The van der Waals surface area contributed by atoms with Gasteiger partial charge in [0.2, 0.25) is 5.88 Å². The molecule has 1 aromatic heterocycles. The molecule has 0 aliphatic heterocycles. The lowest BCUT2D eigenvalue weighted by Crippen LogP contribution is -2.33. The molecule has 1 unspecified atom stereocenters. The van der Waals surface area contributed by atoms with E-state index in [4.69, 9.17) is 4.74 Å². The second kappa shape index (κ2) is 6.00. The number of hydrogen-bond donors (Lipinski definition) is 1. The van der Waals surface area contributed by atoms with Crippen LogP contribution in [0, 0.1) is 5.92 Å². The van der Waals surface area contributed by atoms with Crippen molar-refractivity contribution in [3.05, 3.63) is 22.5 Å². The SMILES string of the molecule is COc1ccc(=O)n(CC(O)C2CCCCC2)n1. The lowest BCUT2D eigenvalue weighted by molar-refractivity contribution is 0.0646. The molecule has 100 valence electrons. The zero-order chi connectivity index (χ0) is 13.0. The Bertz CT molecular complexity index is 438. The monoisotopic (exact) mass is 252 g/mol. The van der Waals surface area contributed by atoms with Crippen LogP contribution < -0.4 is 10.3 Å². The lowest BCUT2D eigenvalue weighted by atomic mass is 9.85. The number of hydrogen-bond acceptors (Lipinski definition) is 4. The Morgan fingerprint density at radius 3 is 2.83 bits per heavy atom. The van der Waals surface area contributed by atoms with Gasteiger partial charge >= 0.3 is 0 Å². The lowest BCUT2D eigenvalue weighted by Gasteiger charge is -2.26. The van der Waals surface area contributed by atoms with Crippen LogP contribution in [-0.4, -0.2) is 28.1 Å². The Hall–Kier alpha value is -1.36. The quantitative estimate of drug-likeness (QED) is 0.874. The van der Waals surface area contributed by atoms with E-state index >= 15 is 0 Å². The molecule has 0 saturated heterocycles. The summed E-state index contributed by atoms with van der Waals surface area (Å²) in [4.78, 5) is 11.6. The van der Waals surface area contributed by atoms with E-state index in [1.54, 1.807) is 0 Å². The van der Waals surface area contributed by atoms with Crippen LogP contribution in [0.15, 0.2) is 16.9 Å². The zero-order valence-corrected chi connectivity index (χ0v) is 10.7. The fourth-order valence-corrected chi connectivity index (χ4v) is 2.52. The fraction of sp³-hybridized carbons (Fsp3) is 0.692. The summed E-state index contributed by atoms with van der Waals surface area (Å²) in [5.41, 5.74) is -0.203. The predicted octanol–water partition coefficient (Wildman–Crippen LogP) is 1.19. The number of rotatable bonds is 4. The summed E-state index contributed by atoms with van der Waals surface area (Å²) in [6, 6.07) is 2.95. The Kier molecular flexibility index (Phi) is 4.36. The van der Waals surface area contributed by atoms with Gasteiger partial charge in [-0.3, -0.25) is 4.79 Å². The van der Waals surface area contributed by atoms with E-state index in [1.807, 2.05) is 0 Å². The minimum absolute atomic E-state index is 0.203. The van der Waals surface area contributed by atoms with Gasteiger partial charge in [0.25, 0.3) is 5.56 Å². The molecule has 1 aromatic rings. The number of methoxy groups -OCH3 is 1. The Morgan fingerprint density at radius 1 is 1.44 bits per heavy atom. The molecule has 0 bridgehead atoms. The van der Waals surface area contributed by atoms with Crippen molar-refractivity contribution in [3.8, 4) is 5.88 Å². The Labute approximate surface area is 106 Å². The van der Waals surface area contributed by atoms with Crippen molar-refractivity contribution in [1.29, 1.82) is 0 Å². The highest BCUT2D eigenvalue weighted by atomic mass is 16.5. The molecule has 1 saturated carbocycles. The largest absolute Gasteiger partial charge is 0.480 e. The van der Waals surface area contributed by atoms with Gasteiger partial charge in [0.15, 0.2) is 0 Å². The molecule has 0 amide bonds. The number of aliphatic hydroxyl groups is 1. The molecule has 5 nitrogen and oxygen atoms in total. The van der Waals surface area contributed by atoms with E-state index in [-0.39, 0.29) is 12.1 Å². The summed E-state index contributed by atoms with van der Waals surface area (Å²) in [5.74, 6) is 0.684. The van der Waals surface area contributed by atoms with Gasteiger partial charge in [-0.05, 0) is 18.8 Å². The van der Waals surface area contributed by atoms with E-state index in [2.05, 4.69) is 5.10 Å². The van der Waals surface area contributed by atoms with Gasteiger partial charge in [-0.1, -0.05) is 19.3 Å². The van der Waals surface area contributed by atoms with Crippen molar-refractivity contribution in [2.75, 3.05) is 7.11 Å². The van der Waals surface area contributed by atoms with E-state index in [0.717, 1.165) is 12.8 Å². The van der Waals surface area contributed by atoms with Gasteiger partial charge < -0.3 is 9.84 Å². The van der Waals surface area contributed by atoms with Crippen LogP contribution in [0.2, 0.25) is 0 Å². The first-order valence-corrected chi connectivity index (χ1v) is 6.51. The first-order valence-electron chi connectivity index (χ1n) is 6.51. The van der Waals surface area contributed by atoms with E-state index in [9.17, 15) is 9.90 Å². The Morgan fingerprint density at radius 2 is 2.17 bits per heavy atom. The van der Waals surface area contributed by atoms with Crippen molar-refractivity contribution in [1.82, 2.24) is 9.78 Å². The molecule has 0 radical (unpaired) electrons. The third kappa shape index (κ3) is 3.10. The highest BCUT2D eigenvalue weighted by Crippen LogP contribution is 2.26. The van der Waals surface area contributed by atoms with Crippen molar-refractivity contribution >= 4 is 0 Å². The van der Waals surface area contributed by atoms with Gasteiger partial charge in [-0.25, -0.2) is 4.68 Å². The molecular weight excluding hydrogens is 232 g/mol. The van der Waals surface area contributed by atoms with Crippen LogP contribution >= 0.6 is 0 Å². The molecule has 18 heavy (non-hydrogen) atoms. The normalized spacial score (nSPS) is 18.6. The van der Waals surface area contributed by atoms with E-state index in [0.29, 0.717) is 11.8 Å². The average Bonchev–Trinajstić information content (AvgIpc) is 2.42. The fourth-order valence-electron chi connectivity index (χ4n) is 2.52. The molecule has 1 aliphatic rings. The van der Waals surface area contributed by atoms with Crippen LogP contribution in [-0.2, 0) is 6.54 Å². The highest BCUT2D eigenvalue weighted by molar-refractivity contribution is 5.06. The zero-order valence-electron chi connectivity index (χ0n) is 10.7. The van der Waals surface area contributed by atoms with Gasteiger partial charge in [0.05, 0.1) is 19.8 Å². The Balaban J connectivity index is 2.05. The van der Waals surface area contributed by atoms with E-state index in [1.165, 1.54) is 43.2 Å². The minimum atomic E-state index is -0.498. The summed E-state index contributed by atoms with van der Waals surface area (Å²) in [6.07, 6.45) is 5.17. The van der Waals surface area contributed by atoms with Crippen LogP contribution in [0.1, 0.15) is 32.1 Å². The van der Waals surface area contributed by atoms with Crippen LogP contribution in [0.25, 0.3) is 0 Å². The van der Waals surface area contributed by atoms with Crippen molar-refractivity contribution in [3.63, 3.8) is 0 Å². The number of ether oxygens (including phenoxy) is 1. The molecular formula is C13H20N2O3. The molecule has 5 heteroatoms. The maximum atomic E-state index is 11.6. The number of aromatic nitrogens is 2. The summed E-state index contributed by atoms with van der Waals surface area (Å²) < 4.78 is 6.27. The maximum Gasteiger partial charge on any atom is 0.267 e. The summed E-state index contributed by atoms with van der Waals surface area (Å²) >= 11 is 0. The molecule has 2 rings (SSSR count). The summed E-state index contributed by atoms with van der Waals surface area (Å²) in [6.45, 7) is 0.251. The van der Waals surface area contributed by atoms with Gasteiger partial charge in [-0.15, -0.1) is 5.10 Å². The second-order valence-corrected chi connectivity index (χ2v) is 4.86. The molecule has 1 fully saturated rings. The van der Waals surface area contributed by atoms with Crippen LogP contribution in [0.4, 0.5) is 0 Å². The first kappa shape index (κ1) is 13.1. The highest BCUT2D eigenvalue weighted by Gasteiger charge is 2.22. The molecule has 0 aromatic carbocycles. The first-order chi connectivity index (χ1) is 8.70. The van der Waals surface area contributed by atoms with Crippen molar-refractivity contribution in [2.24, 2.45) is 5.92 Å². The smallest absolute Gasteiger partial charge is 0.267 e. The molecule has 1 N–H and O–H groups in total. The molecule has 1 aliphatic carbocycles. The molecule has 0 spiro atoms. The van der Waals surface area contributed by atoms with Crippen molar-refractivity contribution in [2.45, 2.75) is 44.8 Å². The second-order valence-electron chi connectivity index (χ2n) is 4.86.